The van der Waals surface area contributed by atoms with Crippen LogP contribution in [0.2, 0.25) is 0 Å². The van der Waals surface area contributed by atoms with Crippen LogP contribution >= 0.6 is 12.6 Å². The summed E-state index contributed by atoms with van der Waals surface area (Å²) in [6.07, 6.45) is 2.15. The van der Waals surface area contributed by atoms with Crippen LogP contribution in [0.3, 0.4) is 0 Å². The second-order valence-electron chi connectivity index (χ2n) is 3.43. The van der Waals surface area contributed by atoms with Gasteiger partial charge in [0.25, 0.3) is 0 Å². The maximum Gasteiger partial charge on any atom is 0.0449 e. The first kappa shape index (κ1) is 7.95. The fourth-order valence-electron chi connectivity index (χ4n) is 1.28. The normalized spacial score (nSPS) is 19.2. The summed E-state index contributed by atoms with van der Waals surface area (Å²) in [7, 11) is 0. The van der Waals surface area contributed by atoms with Gasteiger partial charge < -0.3 is 11.5 Å². The van der Waals surface area contributed by atoms with Crippen LogP contribution in [-0.4, -0.2) is 0 Å². The Morgan fingerprint density at radius 1 is 1.33 bits per heavy atom. The third kappa shape index (κ3) is 1.19. The molecule has 2 rings (SSSR count). The highest BCUT2D eigenvalue weighted by atomic mass is 32.1. The largest absolute Gasteiger partial charge is 0.398 e. The van der Waals surface area contributed by atoms with Crippen LogP contribution in [-0.2, 0) is 5.54 Å². The second kappa shape index (κ2) is 2.41. The van der Waals surface area contributed by atoms with Crippen LogP contribution in [0.25, 0.3) is 0 Å². The quantitative estimate of drug-likeness (QED) is 0.453. The molecule has 1 aromatic rings. The van der Waals surface area contributed by atoms with Crippen molar-refractivity contribution in [3.63, 3.8) is 0 Å². The average Bonchev–Trinajstić information content (AvgIpc) is 2.75. The number of rotatable bonds is 1. The lowest BCUT2D eigenvalue weighted by atomic mass is 10.1. The molecule has 0 unspecified atom stereocenters. The van der Waals surface area contributed by atoms with Crippen molar-refractivity contribution in [2.24, 2.45) is 5.73 Å². The number of nitrogen functional groups attached to an aromatic ring is 1. The van der Waals surface area contributed by atoms with Gasteiger partial charge in [-0.15, -0.1) is 12.6 Å². The SMILES string of the molecule is Nc1ccc(C2(N)CC2)cc1S. The van der Waals surface area contributed by atoms with Gasteiger partial charge in [-0.2, -0.15) is 0 Å². The second-order valence-corrected chi connectivity index (χ2v) is 3.91. The van der Waals surface area contributed by atoms with Crippen LogP contribution in [0.5, 0.6) is 0 Å². The molecular formula is C9H12N2S. The Bertz CT molecular complexity index is 318. The zero-order chi connectivity index (χ0) is 8.77. The number of nitrogens with two attached hydrogens (primary N) is 2. The van der Waals surface area contributed by atoms with Crippen LogP contribution in [0.4, 0.5) is 5.69 Å². The van der Waals surface area contributed by atoms with Gasteiger partial charge in [-0.05, 0) is 30.5 Å². The predicted octanol–water partition coefficient (Wildman–Crippen LogP) is 1.51. The zero-order valence-corrected chi connectivity index (χ0v) is 7.64. The smallest absolute Gasteiger partial charge is 0.0449 e. The lowest BCUT2D eigenvalue weighted by molar-refractivity contribution is 0.738. The van der Waals surface area contributed by atoms with E-state index < -0.39 is 0 Å². The minimum atomic E-state index is -0.0782. The van der Waals surface area contributed by atoms with Gasteiger partial charge in [0, 0.05) is 16.1 Å². The number of thiol groups is 1. The van der Waals surface area contributed by atoms with Gasteiger partial charge in [0.2, 0.25) is 0 Å². The molecule has 0 aliphatic heterocycles. The van der Waals surface area contributed by atoms with Crippen molar-refractivity contribution in [3.05, 3.63) is 23.8 Å². The van der Waals surface area contributed by atoms with E-state index in [-0.39, 0.29) is 5.54 Å². The Balaban J connectivity index is 2.41. The fraction of sp³-hybridized carbons (Fsp3) is 0.333. The van der Waals surface area contributed by atoms with Gasteiger partial charge in [0.05, 0.1) is 0 Å². The highest BCUT2D eigenvalue weighted by Crippen LogP contribution is 2.43. The number of benzene rings is 1. The Morgan fingerprint density at radius 3 is 2.50 bits per heavy atom. The maximum absolute atomic E-state index is 6.01. The summed E-state index contributed by atoms with van der Waals surface area (Å²) in [6.45, 7) is 0. The van der Waals surface area contributed by atoms with E-state index in [1.54, 1.807) is 0 Å². The van der Waals surface area contributed by atoms with Crippen LogP contribution in [0.1, 0.15) is 18.4 Å². The predicted molar refractivity (Wildman–Crippen MR) is 53.2 cm³/mol. The summed E-state index contributed by atoms with van der Waals surface area (Å²) in [5, 5.41) is 0. The summed E-state index contributed by atoms with van der Waals surface area (Å²) in [5.74, 6) is 0. The minimum Gasteiger partial charge on any atom is -0.398 e. The monoisotopic (exact) mass is 180 g/mol. The van der Waals surface area contributed by atoms with Crippen molar-refractivity contribution in [2.45, 2.75) is 23.3 Å². The molecule has 0 saturated heterocycles. The Kier molecular flexibility index (Phi) is 1.59. The van der Waals surface area contributed by atoms with Crippen molar-refractivity contribution < 1.29 is 0 Å². The van der Waals surface area contributed by atoms with Crippen molar-refractivity contribution >= 4 is 18.3 Å². The lowest BCUT2D eigenvalue weighted by Gasteiger charge is -2.10. The summed E-state index contributed by atoms with van der Waals surface area (Å²) in [5.41, 5.74) is 13.4. The molecule has 1 fully saturated rings. The summed E-state index contributed by atoms with van der Waals surface area (Å²) in [4.78, 5) is 0.823. The highest BCUT2D eigenvalue weighted by molar-refractivity contribution is 7.80. The van der Waals surface area contributed by atoms with Crippen LogP contribution < -0.4 is 11.5 Å². The van der Waals surface area contributed by atoms with Gasteiger partial charge in [0.15, 0.2) is 0 Å². The van der Waals surface area contributed by atoms with E-state index in [1.165, 1.54) is 0 Å². The topological polar surface area (TPSA) is 52.0 Å². The summed E-state index contributed by atoms with van der Waals surface area (Å²) < 4.78 is 0. The summed E-state index contributed by atoms with van der Waals surface area (Å²) in [6, 6.07) is 5.82. The fourth-order valence-corrected chi connectivity index (χ4v) is 1.49. The standard InChI is InChI=1S/C9H12N2S/c10-7-2-1-6(5-8(7)12)9(11)3-4-9/h1-2,5,12H,3-4,10-11H2. The molecule has 4 N–H and O–H groups in total. The van der Waals surface area contributed by atoms with Gasteiger partial charge in [-0.3, -0.25) is 0 Å². The van der Waals surface area contributed by atoms with Gasteiger partial charge in [0.1, 0.15) is 0 Å². The van der Waals surface area contributed by atoms with Crippen LogP contribution in [0, 0.1) is 0 Å². The average molecular weight is 180 g/mol. The lowest BCUT2D eigenvalue weighted by Crippen LogP contribution is -2.18. The number of anilines is 1. The Morgan fingerprint density at radius 2 is 2.00 bits per heavy atom. The Labute approximate surface area is 77.4 Å². The number of hydrogen-bond acceptors (Lipinski definition) is 3. The van der Waals surface area contributed by atoms with E-state index in [4.69, 9.17) is 11.5 Å². The molecule has 2 nitrogen and oxygen atoms in total. The molecule has 3 heteroatoms. The van der Waals surface area contributed by atoms with E-state index in [0.29, 0.717) is 5.69 Å². The molecular weight excluding hydrogens is 168 g/mol. The third-order valence-corrected chi connectivity index (χ3v) is 2.78. The third-order valence-electron chi connectivity index (χ3n) is 2.39. The molecule has 1 saturated carbocycles. The van der Waals surface area contributed by atoms with Gasteiger partial charge in [-0.25, -0.2) is 0 Å². The van der Waals surface area contributed by atoms with E-state index >= 15 is 0 Å². The molecule has 1 aliphatic rings. The first-order chi connectivity index (χ1) is 5.62. The zero-order valence-electron chi connectivity index (χ0n) is 6.75. The molecule has 0 amide bonds. The highest BCUT2D eigenvalue weighted by Gasteiger charge is 2.39. The van der Waals surface area contributed by atoms with Crippen molar-refractivity contribution in [3.8, 4) is 0 Å². The summed E-state index contributed by atoms with van der Waals surface area (Å²) >= 11 is 4.25. The minimum absolute atomic E-state index is 0.0782. The molecule has 0 bridgehead atoms. The molecule has 12 heavy (non-hydrogen) atoms. The molecule has 1 aliphatic carbocycles. The van der Waals surface area contributed by atoms with Gasteiger partial charge in [-0.1, -0.05) is 6.07 Å². The van der Waals surface area contributed by atoms with Crippen molar-refractivity contribution in [2.75, 3.05) is 5.73 Å². The number of hydrogen-bond donors (Lipinski definition) is 3. The van der Waals surface area contributed by atoms with E-state index in [0.717, 1.165) is 23.3 Å². The van der Waals surface area contributed by atoms with Gasteiger partial charge >= 0.3 is 0 Å². The molecule has 0 heterocycles. The van der Waals surface area contributed by atoms with E-state index in [9.17, 15) is 0 Å². The Hall–Kier alpha value is -0.670. The molecule has 0 spiro atoms. The molecule has 64 valence electrons. The molecule has 0 radical (unpaired) electrons. The molecule has 1 aromatic carbocycles. The van der Waals surface area contributed by atoms with Crippen molar-refractivity contribution in [1.82, 2.24) is 0 Å². The van der Waals surface area contributed by atoms with Crippen molar-refractivity contribution in [1.29, 1.82) is 0 Å². The first-order valence-corrected chi connectivity index (χ1v) is 4.44. The molecule has 0 atom stereocenters. The molecule has 0 aromatic heterocycles. The van der Waals surface area contributed by atoms with E-state index in [2.05, 4.69) is 12.6 Å². The first-order valence-electron chi connectivity index (χ1n) is 4.00. The van der Waals surface area contributed by atoms with Crippen LogP contribution in [0.15, 0.2) is 23.1 Å². The van der Waals surface area contributed by atoms with E-state index in [1.807, 2.05) is 18.2 Å². The maximum atomic E-state index is 6.01.